The topological polar surface area (TPSA) is 163 Å². The SMILES string of the molecule is CCN(CC)c1ccc2cc(C(=O)c3cc4ccc(N(CC)CC)cc4oc3=O)c(=O)oc2c1.CCOc1ccc2ccc(=O)oc2c1.CCOc1ccc2ccc(=O)oc2c1. The zero-order chi connectivity index (χ0) is 44.3. The monoisotopic (exact) mass is 840 g/mol. The van der Waals surface area contributed by atoms with E-state index in [0.29, 0.717) is 57.8 Å². The number of carbonyl (C=O) groups is 1. The summed E-state index contributed by atoms with van der Waals surface area (Å²) in [7, 11) is 0. The number of carbonyl (C=O) groups excluding carboxylic acids is 1. The minimum atomic E-state index is -0.787. The molecule has 0 saturated carbocycles. The zero-order valence-electron chi connectivity index (χ0n) is 35.5. The number of rotatable bonds is 12. The molecule has 0 unspecified atom stereocenters. The highest BCUT2D eigenvalue weighted by molar-refractivity contribution is 6.10. The fraction of sp³-hybridized carbons (Fsp3) is 0.245. The van der Waals surface area contributed by atoms with Crippen LogP contribution in [0.2, 0.25) is 0 Å². The highest BCUT2D eigenvalue weighted by Gasteiger charge is 2.21. The Morgan fingerprint density at radius 1 is 0.435 bits per heavy atom. The molecule has 0 aliphatic carbocycles. The van der Waals surface area contributed by atoms with Crippen molar-refractivity contribution in [2.24, 2.45) is 0 Å². The molecule has 13 nitrogen and oxygen atoms in total. The lowest BCUT2D eigenvalue weighted by molar-refractivity contribution is 0.103. The third-order valence-corrected chi connectivity index (χ3v) is 10.00. The van der Waals surface area contributed by atoms with Crippen molar-refractivity contribution >= 4 is 61.0 Å². The smallest absolute Gasteiger partial charge is 0.347 e. The van der Waals surface area contributed by atoms with E-state index in [-0.39, 0.29) is 22.4 Å². The first kappa shape index (κ1) is 44.2. The van der Waals surface area contributed by atoms with Crippen molar-refractivity contribution < 1.29 is 31.9 Å². The molecule has 62 heavy (non-hydrogen) atoms. The summed E-state index contributed by atoms with van der Waals surface area (Å²) in [6, 6.07) is 31.1. The number of anilines is 2. The second kappa shape index (κ2) is 20.2. The number of nitrogens with zero attached hydrogens (tertiary/aromatic N) is 2. The molecule has 0 radical (unpaired) electrons. The maximum Gasteiger partial charge on any atom is 0.347 e. The van der Waals surface area contributed by atoms with Gasteiger partial charge in [-0.15, -0.1) is 0 Å². The lowest BCUT2D eigenvalue weighted by Crippen LogP contribution is -2.22. The molecule has 0 amide bonds. The molecule has 0 saturated heterocycles. The third kappa shape index (κ3) is 10.3. The molecule has 4 heterocycles. The molecule has 0 fully saturated rings. The van der Waals surface area contributed by atoms with Crippen LogP contribution in [0.1, 0.15) is 57.5 Å². The first-order chi connectivity index (χ1) is 30.0. The number of hydrogen-bond donors (Lipinski definition) is 0. The van der Waals surface area contributed by atoms with Gasteiger partial charge in [0.1, 0.15) is 45.0 Å². The van der Waals surface area contributed by atoms with Gasteiger partial charge < -0.3 is 36.9 Å². The van der Waals surface area contributed by atoms with Crippen molar-refractivity contribution in [3.8, 4) is 11.5 Å². The summed E-state index contributed by atoms with van der Waals surface area (Å²) in [5, 5.41) is 3.00. The van der Waals surface area contributed by atoms with E-state index in [9.17, 15) is 24.0 Å². The average molecular weight is 841 g/mol. The van der Waals surface area contributed by atoms with Crippen LogP contribution in [0.25, 0.3) is 43.9 Å². The fourth-order valence-electron chi connectivity index (χ4n) is 6.83. The Balaban J connectivity index is 0.000000186. The molecule has 320 valence electrons. The highest BCUT2D eigenvalue weighted by Crippen LogP contribution is 2.25. The van der Waals surface area contributed by atoms with Crippen LogP contribution in [0, 0.1) is 0 Å². The van der Waals surface area contributed by atoms with E-state index < -0.39 is 17.0 Å². The van der Waals surface area contributed by atoms with Gasteiger partial charge >= 0.3 is 22.5 Å². The molecule has 0 spiro atoms. The molecule has 0 atom stereocenters. The predicted octanol–water partition coefficient (Wildman–Crippen LogP) is 9.21. The third-order valence-electron chi connectivity index (χ3n) is 10.00. The van der Waals surface area contributed by atoms with E-state index >= 15 is 0 Å². The minimum absolute atomic E-state index is 0.200. The van der Waals surface area contributed by atoms with Crippen LogP contribution in [0.3, 0.4) is 0 Å². The second-order valence-electron chi connectivity index (χ2n) is 13.8. The van der Waals surface area contributed by atoms with Crippen LogP contribution < -0.4 is 41.8 Å². The van der Waals surface area contributed by atoms with Gasteiger partial charge in [-0.25, -0.2) is 19.2 Å². The van der Waals surface area contributed by atoms with Gasteiger partial charge in [-0.1, -0.05) is 0 Å². The summed E-state index contributed by atoms with van der Waals surface area (Å²) in [5.41, 5.74) is 1.10. The highest BCUT2D eigenvalue weighted by atomic mass is 16.5. The Labute approximate surface area is 356 Å². The van der Waals surface area contributed by atoms with E-state index in [4.69, 9.17) is 27.1 Å². The van der Waals surface area contributed by atoms with Crippen molar-refractivity contribution in [3.63, 3.8) is 0 Å². The van der Waals surface area contributed by atoms with Crippen molar-refractivity contribution in [1.82, 2.24) is 0 Å². The fourth-order valence-corrected chi connectivity index (χ4v) is 6.83. The summed E-state index contributed by atoms with van der Waals surface area (Å²) in [6.45, 7) is 16.5. The van der Waals surface area contributed by atoms with Crippen LogP contribution >= 0.6 is 0 Å². The van der Waals surface area contributed by atoms with Crippen molar-refractivity contribution in [3.05, 3.63) is 162 Å². The van der Waals surface area contributed by atoms with E-state index in [2.05, 4.69) is 9.80 Å². The van der Waals surface area contributed by atoms with E-state index in [1.54, 1.807) is 48.5 Å². The number of ketones is 1. The van der Waals surface area contributed by atoms with Gasteiger partial charge in [0.2, 0.25) is 5.78 Å². The van der Waals surface area contributed by atoms with E-state index in [0.717, 1.165) is 48.3 Å². The molecule has 0 bridgehead atoms. The van der Waals surface area contributed by atoms with Gasteiger partial charge in [0, 0.05) is 95.5 Å². The molecule has 0 N–H and O–H groups in total. The molecule has 4 aromatic heterocycles. The Kier molecular flexibility index (Phi) is 14.4. The first-order valence-corrected chi connectivity index (χ1v) is 20.5. The molecule has 0 aliphatic heterocycles. The minimum Gasteiger partial charge on any atom is -0.494 e. The maximum atomic E-state index is 13.2. The number of benzene rings is 4. The summed E-state index contributed by atoms with van der Waals surface area (Å²) in [5.74, 6) is 0.718. The lowest BCUT2D eigenvalue weighted by atomic mass is 10.0. The first-order valence-electron chi connectivity index (χ1n) is 20.5. The van der Waals surface area contributed by atoms with Gasteiger partial charge in [0.15, 0.2) is 0 Å². The summed E-state index contributed by atoms with van der Waals surface area (Å²) in [6.07, 6.45) is 0. The van der Waals surface area contributed by atoms with Gasteiger partial charge in [-0.2, -0.15) is 0 Å². The van der Waals surface area contributed by atoms with Crippen molar-refractivity contribution in [2.45, 2.75) is 41.5 Å². The maximum absolute atomic E-state index is 13.2. The van der Waals surface area contributed by atoms with Crippen molar-refractivity contribution in [1.29, 1.82) is 0 Å². The molecular formula is C49H48N2O11. The summed E-state index contributed by atoms with van der Waals surface area (Å²) in [4.78, 5) is 64.7. The molecule has 0 aliphatic rings. The largest absolute Gasteiger partial charge is 0.494 e. The lowest BCUT2D eigenvalue weighted by Gasteiger charge is -2.21. The van der Waals surface area contributed by atoms with Crippen LogP contribution in [0.5, 0.6) is 11.5 Å². The van der Waals surface area contributed by atoms with Crippen molar-refractivity contribution in [2.75, 3.05) is 49.2 Å². The van der Waals surface area contributed by atoms with Gasteiger partial charge in [0.05, 0.1) is 13.2 Å². The Morgan fingerprint density at radius 2 is 0.790 bits per heavy atom. The van der Waals surface area contributed by atoms with E-state index in [1.165, 1.54) is 24.3 Å². The number of fused-ring (bicyclic) bond motifs is 4. The Bertz CT molecular complexity index is 2880. The summed E-state index contributed by atoms with van der Waals surface area (Å²) < 4.78 is 31.5. The second-order valence-corrected chi connectivity index (χ2v) is 13.8. The van der Waals surface area contributed by atoms with E-state index in [1.807, 2.05) is 77.9 Å². The van der Waals surface area contributed by atoms with Crippen LogP contribution in [-0.4, -0.2) is 45.2 Å². The average Bonchev–Trinajstić information content (AvgIpc) is 3.27. The van der Waals surface area contributed by atoms with Crippen LogP contribution in [-0.2, 0) is 0 Å². The normalized spacial score (nSPS) is 10.8. The standard InChI is InChI=1S/C27H28N2O5.2C11H10O3/c1-5-28(6-2)19-11-9-17-13-21(26(31)33-23(17)15-19)25(30)22-14-18-10-12-20(29(7-3)8-4)16-24(18)34-27(22)32;2*1-2-13-9-5-3-8-4-6-11(12)14-10(8)7-9/h9-16H,5-8H2,1-4H3;2*3-7H,2H2,1H3. The number of ether oxygens (including phenoxy) is 2. The van der Waals surface area contributed by atoms with Gasteiger partial charge in [-0.3, -0.25) is 4.79 Å². The Hall–Kier alpha value is -7.41. The quantitative estimate of drug-likeness (QED) is 0.0846. The molecule has 8 aromatic rings. The van der Waals surface area contributed by atoms with Crippen LogP contribution in [0.15, 0.2) is 146 Å². The zero-order valence-corrected chi connectivity index (χ0v) is 35.5. The van der Waals surface area contributed by atoms with Gasteiger partial charge in [-0.05, 0) is 114 Å². The summed E-state index contributed by atoms with van der Waals surface area (Å²) >= 11 is 0. The molecule has 8 rings (SSSR count). The predicted molar refractivity (Wildman–Crippen MR) is 243 cm³/mol. The Morgan fingerprint density at radius 3 is 1.16 bits per heavy atom. The number of hydrogen-bond acceptors (Lipinski definition) is 13. The molecule has 13 heteroatoms. The van der Waals surface area contributed by atoms with Crippen LogP contribution in [0.4, 0.5) is 11.4 Å². The molecular weight excluding hydrogens is 793 g/mol. The van der Waals surface area contributed by atoms with Gasteiger partial charge in [0.25, 0.3) is 0 Å². The molecule has 4 aromatic carbocycles.